The van der Waals surface area contributed by atoms with E-state index in [0.29, 0.717) is 18.6 Å². The Morgan fingerprint density at radius 2 is 2.07 bits per heavy atom. The minimum absolute atomic E-state index is 0.0557. The zero-order valence-corrected chi connectivity index (χ0v) is 8.12. The standard InChI is InChI=1S/C12H12O2/c1-3-4-9-14-12-7-5-11(6-8-12)10(2)13/h1,5-8H,4,9H2,2H3. The molecule has 0 aromatic heterocycles. The van der Waals surface area contributed by atoms with Crippen molar-refractivity contribution in [3.05, 3.63) is 29.8 Å². The van der Waals surface area contributed by atoms with Gasteiger partial charge in [0.25, 0.3) is 0 Å². The maximum atomic E-state index is 10.9. The van der Waals surface area contributed by atoms with Gasteiger partial charge < -0.3 is 4.74 Å². The van der Waals surface area contributed by atoms with Gasteiger partial charge in [-0.2, -0.15) is 0 Å². The van der Waals surface area contributed by atoms with Crippen LogP contribution in [0.1, 0.15) is 23.7 Å². The van der Waals surface area contributed by atoms with Gasteiger partial charge in [0.15, 0.2) is 5.78 Å². The molecule has 0 aliphatic carbocycles. The maximum absolute atomic E-state index is 10.9. The summed E-state index contributed by atoms with van der Waals surface area (Å²) < 4.78 is 5.33. The molecular formula is C12H12O2. The molecule has 0 aliphatic rings. The quantitative estimate of drug-likeness (QED) is 0.411. The molecule has 0 aliphatic heterocycles. The Hall–Kier alpha value is -1.75. The third kappa shape index (κ3) is 2.95. The Labute approximate surface area is 83.9 Å². The molecule has 2 nitrogen and oxygen atoms in total. The fourth-order valence-corrected chi connectivity index (χ4v) is 1.01. The fraction of sp³-hybridized carbons (Fsp3) is 0.250. The number of hydrogen-bond acceptors (Lipinski definition) is 2. The smallest absolute Gasteiger partial charge is 0.159 e. The number of Topliss-reactive ketones (excluding diaryl/α,β-unsaturated/α-hetero) is 1. The average molecular weight is 188 g/mol. The summed E-state index contributed by atoms with van der Waals surface area (Å²) in [6.45, 7) is 2.05. The van der Waals surface area contributed by atoms with E-state index in [1.807, 2.05) is 0 Å². The molecule has 0 amide bonds. The normalized spacial score (nSPS) is 9.14. The van der Waals surface area contributed by atoms with E-state index in [9.17, 15) is 4.79 Å². The van der Waals surface area contributed by atoms with E-state index in [4.69, 9.17) is 11.2 Å². The summed E-state index contributed by atoms with van der Waals surface area (Å²) in [5.41, 5.74) is 0.689. The van der Waals surface area contributed by atoms with E-state index < -0.39 is 0 Å². The number of ketones is 1. The molecule has 0 unspecified atom stereocenters. The lowest BCUT2D eigenvalue weighted by Gasteiger charge is -2.03. The van der Waals surface area contributed by atoms with Crippen molar-refractivity contribution < 1.29 is 9.53 Å². The van der Waals surface area contributed by atoms with Gasteiger partial charge in [0, 0.05) is 12.0 Å². The molecule has 0 radical (unpaired) electrons. The minimum Gasteiger partial charge on any atom is -0.493 e. The van der Waals surface area contributed by atoms with Crippen LogP contribution in [0.2, 0.25) is 0 Å². The highest BCUT2D eigenvalue weighted by Crippen LogP contribution is 2.12. The molecule has 0 spiro atoms. The van der Waals surface area contributed by atoms with E-state index in [0.717, 1.165) is 5.75 Å². The molecule has 0 saturated heterocycles. The number of benzene rings is 1. The molecule has 0 heterocycles. The summed E-state index contributed by atoms with van der Waals surface area (Å²) >= 11 is 0. The number of terminal acetylenes is 1. The predicted molar refractivity (Wildman–Crippen MR) is 55.4 cm³/mol. The fourth-order valence-electron chi connectivity index (χ4n) is 1.01. The summed E-state index contributed by atoms with van der Waals surface area (Å²) in [6.07, 6.45) is 5.67. The SMILES string of the molecule is C#CCCOc1ccc(C(C)=O)cc1. The van der Waals surface area contributed by atoms with E-state index in [1.54, 1.807) is 24.3 Å². The first kappa shape index (κ1) is 10.3. The Kier molecular flexibility index (Phi) is 3.75. The topological polar surface area (TPSA) is 26.3 Å². The second kappa shape index (κ2) is 5.08. The third-order valence-electron chi connectivity index (χ3n) is 1.78. The van der Waals surface area contributed by atoms with Gasteiger partial charge in [0.2, 0.25) is 0 Å². The Bertz CT molecular complexity index is 344. The van der Waals surface area contributed by atoms with E-state index >= 15 is 0 Å². The molecule has 1 aromatic rings. The molecule has 72 valence electrons. The molecule has 0 atom stereocenters. The van der Waals surface area contributed by atoms with Crippen molar-refractivity contribution in [2.75, 3.05) is 6.61 Å². The van der Waals surface area contributed by atoms with Crippen LogP contribution < -0.4 is 4.74 Å². The summed E-state index contributed by atoms with van der Waals surface area (Å²) in [6, 6.07) is 7.03. The van der Waals surface area contributed by atoms with Crippen LogP contribution in [0.5, 0.6) is 5.75 Å². The van der Waals surface area contributed by atoms with Gasteiger partial charge >= 0.3 is 0 Å². The third-order valence-corrected chi connectivity index (χ3v) is 1.78. The molecule has 1 aromatic carbocycles. The number of carbonyl (C=O) groups excluding carboxylic acids is 1. The van der Waals surface area contributed by atoms with Crippen molar-refractivity contribution >= 4 is 5.78 Å². The lowest BCUT2D eigenvalue weighted by molar-refractivity contribution is 0.101. The molecule has 0 N–H and O–H groups in total. The van der Waals surface area contributed by atoms with Gasteiger partial charge in [0.05, 0.1) is 6.61 Å². The van der Waals surface area contributed by atoms with Crippen LogP contribution >= 0.6 is 0 Å². The molecule has 0 fully saturated rings. The highest BCUT2D eigenvalue weighted by molar-refractivity contribution is 5.94. The summed E-state index contributed by atoms with van der Waals surface area (Å²) in [5.74, 6) is 3.29. The van der Waals surface area contributed by atoms with Crippen molar-refractivity contribution in [3.8, 4) is 18.1 Å². The van der Waals surface area contributed by atoms with Crippen molar-refractivity contribution in [1.82, 2.24) is 0 Å². The zero-order chi connectivity index (χ0) is 10.4. The Balaban J connectivity index is 2.56. The Morgan fingerprint density at radius 3 is 2.57 bits per heavy atom. The highest BCUT2D eigenvalue weighted by Gasteiger charge is 1.98. The number of hydrogen-bond donors (Lipinski definition) is 0. The van der Waals surface area contributed by atoms with Crippen LogP contribution in [-0.2, 0) is 0 Å². The van der Waals surface area contributed by atoms with Gasteiger partial charge in [-0.3, -0.25) is 4.79 Å². The second-order valence-electron chi connectivity index (χ2n) is 2.88. The minimum atomic E-state index is 0.0557. The first-order valence-corrected chi connectivity index (χ1v) is 4.41. The molecular weight excluding hydrogens is 176 g/mol. The van der Waals surface area contributed by atoms with Gasteiger partial charge in [-0.1, -0.05) is 0 Å². The summed E-state index contributed by atoms with van der Waals surface area (Å²) in [5, 5.41) is 0. The summed E-state index contributed by atoms with van der Waals surface area (Å²) in [4.78, 5) is 10.9. The molecule has 2 heteroatoms. The first-order chi connectivity index (χ1) is 6.74. The van der Waals surface area contributed by atoms with Gasteiger partial charge in [0.1, 0.15) is 5.75 Å². The second-order valence-corrected chi connectivity index (χ2v) is 2.88. The van der Waals surface area contributed by atoms with Gasteiger partial charge in [-0.25, -0.2) is 0 Å². The summed E-state index contributed by atoms with van der Waals surface area (Å²) in [7, 11) is 0. The van der Waals surface area contributed by atoms with E-state index in [-0.39, 0.29) is 5.78 Å². The predicted octanol–water partition coefficient (Wildman–Crippen LogP) is 2.29. The number of rotatable bonds is 4. The zero-order valence-electron chi connectivity index (χ0n) is 8.12. The van der Waals surface area contributed by atoms with Crippen molar-refractivity contribution in [3.63, 3.8) is 0 Å². The largest absolute Gasteiger partial charge is 0.493 e. The first-order valence-electron chi connectivity index (χ1n) is 4.41. The van der Waals surface area contributed by atoms with Crippen molar-refractivity contribution in [2.45, 2.75) is 13.3 Å². The van der Waals surface area contributed by atoms with Crippen LogP contribution in [-0.4, -0.2) is 12.4 Å². The molecule has 14 heavy (non-hydrogen) atoms. The molecule has 0 bridgehead atoms. The molecule has 1 rings (SSSR count). The molecule has 0 saturated carbocycles. The van der Waals surface area contributed by atoms with Crippen molar-refractivity contribution in [1.29, 1.82) is 0 Å². The van der Waals surface area contributed by atoms with Gasteiger partial charge in [-0.05, 0) is 31.2 Å². The maximum Gasteiger partial charge on any atom is 0.159 e. The Morgan fingerprint density at radius 1 is 1.43 bits per heavy atom. The monoisotopic (exact) mass is 188 g/mol. The lowest BCUT2D eigenvalue weighted by atomic mass is 10.1. The van der Waals surface area contributed by atoms with E-state index in [2.05, 4.69) is 5.92 Å². The highest BCUT2D eigenvalue weighted by atomic mass is 16.5. The van der Waals surface area contributed by atoms with E-state index in [1.165, 1.54) is 6.92 Å². The number of ether oxygens (including phenoxy) is 1. The van der Waals surface area contributed by atoms with Crippen LogP contribution in [0.3, 0.4) is 0 Å². The number of carbonyl (C=O) groups is 1. The van der Waals surface area contributed by atoms with Crippen LogP contribution in [0, 0.1) is 12.3 Å². The average Bonchev–Trinajstić information content (AvgIpc) is 2.19. The van der Waals surface area contributed by atoms with Crippen LogP contribution in [0.25, 0.3) is 0 Å². The lowest BCUT2D eigenvalue weighted by Crippen LogP contribution is -1.96. The van der Waals surface area contributed by atoms with Gasteiger partial charge in [-0.15, -0.1) is 12.3 Å². The van der Waals surface area contributed by atoms with Crippen LogP contribution in [0.4, 0.5) is 0 Å². The van der Waals surface area contributed by atoms with Crippen molar-refractivity contribution in [2.24, 2.45) is 0 Å². The van der Waals surface area contributed by atoms with Crippen LogP contribution in [0.15, 0.2) is 24.3 Å².